The molecule has 0 fully saturated rings. The van der Waals surface area contributed by atoms with Gasteiger partial charge in [-0.15, -0.1) is 0 Å². The van der Waals surface area contributed by atoms with Crippen molar-refractivity contribution in [2.24, 2.45) is 0 Å². The molecular formula is C16H21N3O. The predicted molar refractivity (Wildman–Crippen MR) is 81.9 cm³/mol. The van der Waals surface area contributed by atoms with Crippen molar-refractivity contribution in [3.05, 3.63) is 53.7 Å². The molecule has 0 spiro atoms. The summed E-state index contributed by atoms with van der Waals surface area (Å²) in [5.74, 6) is 0.641. The molecule has 1 aromatic carbocycles. The van der Waals surface area contributed by atoms with Crippen LogP contribution in [0.25, 0.3) is 0 Å². The Morgan fingerprint density at radius 3 is 2.60 bits per heavy atom. The maximum absolute atomic E-state index is 5.06. The summed E-state index contributed by atoms with van der Waals surface area (Å²) in [7, 11) is 5.77. The van der Waals surface area contributed by atoms with Gasteiger partial charge < -0.3 is 15.0 Å². The number of para-hydroxylation sites is 1. The Balaban J connectivity index is 2.02. The number of hydrogen-bond acceptors (Lipinski definition) is 4. The Morgan fingerprint density at radius 1 is 1.15 bits per heavy atom. The lowest BCUT2D eigenvalue weighted by atomic mass is 10.1. The molecule has 0 radical (unpaired) electrons. The highest BCUT2D eigenvalue weighted by atomic mass is 16.5. The van der Waals surface area contributed by atoms with Crippen molar-refractivity contribution in [2.75, 3.05) is 26.5 Å². The van der Waals surface area contributed by atoms with E-state index in [0.717, 1.165) is 24.3 Å². The van der Waals surface area contributed by atoms with E-state index in [9.17, 15) is 0 Å². The number of aromatic nitrogens is 1. The van der Waals surface area contributed by atoms with Crippen LogP contribution in [0.5, 0.6) is 5.88 Å². The zero-order valence-corrected chi connectivity index (χ0v) is 12.3. The number of rotatable bonds is 6. The van der Waals surface area contributed by atoms with Crippen molar-refractivity contribution in [3.8, 4) is 5.88 Å². The Hall–Kier alpha value is -2.07. The second-order valence-electron chi connectivity index (χ2n) is 4.96. The molecular weight excluding hydrogens is 250 g/mol. The zero-order valence-electron chi connectivity index (χ0n) is 12.3. The van der Waals surface area contributed by atoms with Crippen LogP contribution < -0.4 is 10.1 Å². The van der Waals surface area contributed by atoms with Crippen LogP contribution in [0.1, 0.15) is 11.1 Å². The highest BCUT2D eigenvalue weighted by molar-refractivity contribution is 5.51. The summed E-state index contributed by atoms with van der Waals surface area (Å²) in [6, 6.07) is 12.3. The van der Waals surface area contributed by atoms with Crippen molar-refractivity contribution in [2.45, 2.75) is 13.1 Å². The van der Waals surface area contributed by atoms with Gasteiger partial charge >= 0.3 is 0 Å². The number of pyridine rings is 1. The van der Waals surface area contributed by atoms with Crippen LogP contribution in [0.15, 0.2) is 42.6 Å². The van der Waals surface area contributed by atoms with Gasteiger partial charge in [-0.3, -0.25) is 0 Å². The van der Waals surface area contributed by atoms with Crippen LogP contribution in [0.3, 0.4) is 0 Å². The normalized spacial score (nSPS) is 10.6. The topological polar surface area (TPSA) is 37.4 Å². The first-order valence-corrected chi connectivity index (χ1v) is 6.64. The van der Waals surface area contributed by atoms with E-state index >= 15 is 0 Å². The zero-order chi connectivity index (χ0) is 14.4. The summed E-state index contributed by atoms with van der Waals surface area (Å²) in [6.07, 6.45) is 1.83. The van der Waals surface area contributed by atoms with E-state index in [-0.39, 0.29) is 0 Å². The Bertz CT molecular complexity index is 538. The molecule has 0 amide bonds. The van der Waals surface area contributed by atoms with Crippen LogP contribution in [-0.2, 0) is 13.1 Å². The molecule has 1 aromatic heterocycles. The molecule has 0 saturated heterocycles. The third-order valence-corrected chi connectivity index (χ3v) is 2.99. The first-order chi connectivity index (χ1) is 9.69. The second-order valence-corrected chi connectivity index (χ2v) is 4.96. The summed E-state index contributed by atoms with van der Waals surface area (Å²) in [5, 5.41) is 3.46. The number of anilines is 1. The second kappa shape index (κ2) is 6.91. The standard InChI is InChI=1S/C16H21N3O/c1-19(2)12-14-6-4-5-7-15(14)17-10-13-8-9-16(20-3)18-11-13/h4-9,11,17H,10,12H2,1-3H3. The van der Waals surface area contributed by atoms with Crippen LogP contribution >= 0.6 is 0 Å². The molecule has 0 saturated carbocycles. The van der Waals surface area contributed by atoms with Gasteiger partial charge in [-0.05, 0) is 31.3 Å². The van der Waals surface area contributed by atoms with E-state index in [4.69, 9.17) is 4.74 Å². The van der Waals surface area contributed by atoms with Gasteiger partial charge in [0.15, 0.2) is 0 Å². The molecule has 1 N–H and O–H groups in total. The summed E-state index contributed by atoms with van der Waals surface area (Å²) < 4.78 is 5.06. The minimum Gasteiger partial charge on any atom is -0.481 e. The first-order valence-electron chi connectivity index (χ1n) is 6.64. The fourth-order valence-electron chi connectivity index (χ4n) is 2.00. The van der Waals surface area contributed by atoms with E-state index < -0.39 is 0 Å². The minimum atomic E-state index is 0.641. The molecule has 0 atom stereocenters. The molecule has 0 unspecified atom stereocenters. The summed E-state index contributed by atoms with van der Waals surface area (Å²) >= 11 is 0. The van der Waals surface area contributed by atoms with Gasteiger partial charge in [0.1, 0.15) is 0 Å². The van der Waals surface area contributed by atoms with Gasteiger partial charge in [-0.1, -0.05) is 24.3 Å². The highest BCUT2D eigenvalue weighted by Gasteiger charge is 2.03. The highest BCUT2D eigenvalue weighted by Crippen LogP contribution is 2.17. The SMILES string of the molecule is COc1ccc(CNc2ccccc2CN(C)C)cn1. The van der Waals surface area contributed by atoms with Crippen LogP contribution in [0.2, 0.25) is 0 Å². The monoisotopic (exact) mass is 271 g/mol. The number of nitrogens with one attached hydrogen (secondary N) is 1. The average molecular weight is 271 g/mol. The van der Waals surface area contributed by atoms with E-state index in [0.29, 0.717) is 5.88 Å². The van der Waals surface area contributed by atoms with E-state index in [1.807, 2.05) is 24.4 Å². The fraction of sp³-hybridized carbons (Fsp3) is 0.312. The van der Waals surface area contributed by atoms with Crippen LogP contribution in [0.4, 0.5) is 5.69 Å². The largest absolute Gasteiger partial charge is 0.481 e. The third kappa shape index (κ3) is 3.96. The minimum absolute atomic E-state index is 0.641. The maximum Gasteiger partial charge on any atom is 0.212 e. The summed E-state index contributed by atoms with van der Waals surface area (Å²) in [4.78, 5) is 6.37. The smallest absolute Gasteiger partial charge is 0.212 e. The lowest BCUT2D eigenvalue weighted by Gasteiger charge is -2.15. The molecule has 4 nitrogen and oxygen atoms in total. The summed E-state index contributed by atoms with van der Waals surface area (Å²) in [5.41, 5.74) is 3.58. The van der Waals surface area contributed by atoms with Gasteiger partial charge in [0, 0.05) is 31.0 Å². The summed E-state index contributed by atoms with van der Waals surface area (Å²) in [6.45, 7) is 1.67. The van der Waals surface area contributed by atoms with E-state index in [2.05, 4.69) is 47.5 Å². The molecule has 2 aromatic rings. The molecule has 1 heterocycles. The van der Waals surface area contributed by atoms with Crippen molar-refractivity contribution in [1.29, 1.82) is 0 Å². The molecule has 0 aliphatic carbocycles. The van der Waals surface area contributed by atoms with Crippen LogP contribution in [-0.4, -0.2) is 31.1 Å². The molecule has 0 aliphatic heterocycles. The Morgan fingerprint density at radius 2 is 1.95 bits per heavy atom. The number of benzene rings is 1. The maximum atomic E-state index is 5.06. The van der Waals surface area contributed by atoms with Crippen molar-refractivity contribution >= 4 is 5.69 Å². The van der Waals surface area contributed by atoms with Crippen LogP contribution in [0, 0.1) is 0 Å². The molecule has 0 aliphatic rings. The number of methoxy groups -OCH3 is 1. The number of hydrogen-bond donors (Lipinski definition) is 1. The van der Waals surface area contributed by atoms with Gasteiger partial charge in [-0.2, -0.15) is 0 Å². The van der Waals surface area contributed by atoms with Gasteiger partial charge in [0.05, 0.1) is 7.11 Å². The lowest BCUT2D eigenvalue weighted by Crippen LogP contribution is -2.12. The van der Waals surface area contributed by atoms with E-state index in [1.165, 1.54) is 5.56 Å². The fourth-order valence-corrected chi connectivity index (χ4v) is 2.00. The number of nitrogens with zero attached hydrogens (tertiary/aromatic N) is 2. The van der Waals surface area contributed by atoms with Crippen molar-refractivity contribution < 1.29 is 4.74 Å². The molecule has 106 valence electrons. The predicted octanol–water partition coefficient (Wildman–Crippen LogP) is 2.76. The average Bonchev–Trinajstić information content (AvgIpc) is 2.46. The number of ether oxygens (including phenoxy) is 1. The Kier molecular flexibility index (Phi) is 4.96. The van der Waals surface area contributed by atoms with Gasteiger partial charge in [0.25, 0.3) is 0 Å². The Labute approximate surface area is 120 Å². The molecule has 4 heteroatoms. The first kappa shape index (κ1) is 14.3. The van der Waals surface area contributed by atoms with Crippen molar-refractivity contribution in [1.82, 2.24) is 9.88 Å². The van der Waals surface area contributed by atoms with Gasteiger partial charge in [0.2, 0.25) is 5.88 Å². The lowest BCUT2D eigenvalue weighted by molar-refractivity contribution is 0.397. The molecule has 20 heavy (non-hydrogen) atoms. The molecule has 0 bridgehead atoms. The van der Waals surface area contributed by atoms with Crippen molar-refractivity contribution in [3.63, 3.8) is 0 Å². The molecule has 2 rings (SSSR count). The quantitative estimate of drug-likeness (QED) is 0.876. The van der Waals surface area contributed by atoms with Gasteiger partial charge in [-0.25, -0.2) is 4.98 Å². The third-order valence-electron chi connectivity index (χ3n) is 2.99. The van der Waals surface area contributed by atoms with E-state index in [1.54, 1.807) is 7.11 Å².